The number of aromatic nitrogens is 4. The molecule has 0 bridgehead atoms. The first-order chi connectivity index (χ1) is 15.1. The Morgan fingerprint density at radius 2 is 1.97 bits per heavy atom. The van der Waals surface area contributed by atoms with Gasteiger partial charge >= 0.3 is 6.09 Å². The summed E-state index contributed by atoms with van der Waals surface area (Å²) in [6.45, 7) is 4.04. The molecule has 7 N–H and O–H groups in total. The Labute approximate surface area is 182 Å². The summed E-state index contributed by atoms with van der Waals surface area (Å²) >= 11 is 0. The first kappa shape index (κ1) is 23.6. The van der Waals surface area contributed by atoms with Gasteiger partial charge in [-0.05, 0) is 20.8 Å². The van der Waals surface area contributed by atoms with Gasteiger partial charge in [0.1, 0.15) is 42.3 Å². The van der Waals surface area contributed by atoms with E-state index in [0.29, 0.717) is 11.2 Å². The lowest BCUT2D eigenvalue weighted by molar-refractivity contribution is -0.185. The van der Waals surface area contributed by atoms with Crippen molar-refractivity contribution in [1.82, 2.24) is 30.6 Å². The van der Waals surface area contributed by atoms with Gasteiger partial charge in [0, 0.05) is 0 Å². The summed E-state index contributed by atoms with van der Waals surface area (Å²) < 4.78 is 10.7. The van der Waals surface area contributed by atoms with Crippen molar-refractivity contribution in [1.29, 1.82) is 0 Å². The summed E-state index contributed by atoms with van der Waals surface area (Å²) in [5.41, 5.74) is 0.115. The number of nitrogens with zero attached hydrogens (tertiary/aromatic N) is 3. The molecule has 14 nitrogen and oxygen atoms in total. The van der Waals surface area contributed by atoms with Crippen LogP contribution in [0.5, 0.6) is 0 Å². The maximum absolute atomic E-state index is 12.2. The van der Waals surface area contributed by atoms with Crippen LogP contribution in [0.1, 0.15) is 20.8 Å². The molecule has 0 aliphatic carbocycles. The molecule has 32 heavy (non-hydrogen) atoms. The van der Waals surface area contributed by atoms with E-state index in [2.05, 4.69) is 35.9 Å². The number of amides is 2. The fourth-order valence-electron chi connectivity index (χ4n) is 3.13. The number of hydrogen-bond acceptors (Lipinski definition) is 11. The number of carbonyl (C=O) groups excluding carboxylic acids is 2. The number of anilines is 1. The third-order valence-electron chi connectivity index (χ3n) is 4.55. The van der Waals surface area contributed by atoms with E-state index in [1.165, 1.54) is 12.7 Å². The van der Waals surface area contributed by atoms with Crippen molar-refractivity contribution >= 4 is 29.0 Å². The van der Waals surface area contributed by atoms with Crippen LogP contribution >= 0.6 is 0 Å². The molecular weight excluding hydrogens is 426 g/mol. The Hall–Kier alpha value is -3.07. The number of aliphatic hydroxyl groups is 3. The van der Waals surface area contributed by atoms with Gasteiger partial charge in [-0.1, -0.05) is 0 Å². The predicted molar refractivity (Wildman–Crippen MR) is 109 cm³/mol. The molecule has 2 aromatic rings. The topological polar surface area (TPSA) is 204 Å². The van der Waals surface area contributed by atoms with Crippen LogP contribution in [-0.2, 0) is 14.3 Å². The second-order valence-electron chi connectivity index (χ2n) is 8.18. The van der Waals surface area contributed by atoms with Crippen LogP contribution in [0.2, 0.25) is 0 Å². The van der Waals surface area contributed by atoms with E-state index in [0.717, 1.165) is 0 Å². The van der Waals surface area contributed by atoms with Crippen LogP contribution in [0.15, 0.2) is 12.7 Å². The number of nitrogens with one attached hydrogen (secondary N) is 4. The zero-order chi connectivity index (χ0) is 23.5. The second kappa shape index (κ2) is 9.60. The molecule has 1 fully saturated rings. The van der Waals surface area contributed by atoms with E-state index in [-0.39, 0.29) is 5.82 Å². The minimum absolute atomic E-state index is 0.268. The van der Waals surface area contributed by atoms with Crippen LogP contribution in [0, 0.1) is 0 Å². The third kappa shape index (κ3) is 5.59. The molecule has 3 rings (SSSR count). The molecule has 0 aromatic carbocycles. The van der Waals surface area contributed by atoms with E-state index in [9.17, 15) is 24.9 Å². The molecule has 2 aromatic heterocycles. The fourth-order valence-corrected chi connectivity index (χ4v) is 3.13. The smallest absolute Gasteiger partial charge is 0.408 e. The number of hydrogen-bond donors (Lipinski definition) is 7. The first-order valence-corrected chi connectivity index (χ1v) is 9.88. The van der Waals surface area contributed by atoms with Crippen molar-refractivity contribution in [3.63, 3.8) is 0 Å². The first-order valence-electron chi connectivity index (χ1n) is 9.88. The molecule has 0 saturated carbocycles. The van der Waals surface area contributed by atoms with Gasteiger partial charge in [-0.2, -0.15) is 0 Å². The molecule has 1 saturated heterocycles. The minimum Gasteiger partial charge on any atom is -0.444 e. The Balaban J connectivity index is 1.62. The Morgan fingerprint density at radius 3 is 2.66 bits per heavy atom. The lowest BCUT2D eigenvalue weighted by Gasteiger charge is -2.42. The molecule has 3 heterocycles. The number of fused-ring (bicyclic) bond motifs is 1. The van der Waals surface area contributed by atoms with Crippen molar-refractivity contribution < 1.29 is 34.4 Å². The van der Waals surface area contributed by atoms with E-state index < -0.39 is 61.3 Å². The zero-order valence-corrected chi connectivity index (χ0v) is 17.8. The van der Waals surface area contributed by atoms with Gasteiger partial charge in [-0.15, -0.1) is 0 Å². The fraction of sp³-hybridized carbons (Fsp3) is 0.611. The van der Waals surface area contributed by atoms with Crippen LogP contribution in [0.3, 0.4) is 0 Å². The standard InChI is InChI=1S/C18H27N7O7/c1-18(2,3)32-17(30)19-4-9(27)24-10-8(5-26)31-16(13(29)12(10)28)25-15-11-14(21-6-20-11)22-7-23-15/h6-8,10,12-13,16,26,28-29H,4-5H2,1-3H3,(H,19,30)(H,24,27)(H2,20,21,22,23,25)/t8-,10-,12+,13-,16+/m0/s1. The van der Waals surface area contributed by atoms with Gasteiger partial charge in [0.25, 0.3) is 0 Å². The van der Waals surface area contributed by atoms with Crippen molar-refractivity contribution in [3.8, 4) is 0 Å². The van der Waals surface area contributed by atoms with Crippen LogP contribution in [0.25, 0.3) is 11.2 Å². The highest BCUT2D eigenvalue weighted by molar-refractivity contribution is 5.83. The monoisotopic (exact) mass is 453 g/mol. The second-order valence-corrected chi connectivity index (χ2v) is 8.18. The summed E-state index contributed by atoms with van der Waals surface area (Å²) in [4.78, 5) is 38.8. The zero-order valence-electron chi connectivity index (χ0n) is 17.8. The van der Waals surface area contributed by atoms with Gasteiger partial charge in [-0.25, -0.2) is 19.7 Å². The van der Waals surface area contributed by atoms with E-state index >= 15 is 0 Å². The quantitative estimate of drug-likeness (QED) is 0.260. The Bertz CT molecular complexity index is 945. The lowest BCUT2D eigenvalue weighted by Crippen LogP contribution is -2.66. The Morgan fingerprint density at radius 1 is 1.22 bits per heavy atom. The minimum atomic E-state index is -1.50. The number of carbonyl (C=O) groups is 2. The van der Waals surface area contributed by atoms with Crippen molar-refractivity contribution in [2.75, 3.05) is 18.5 Å². The van der Waals surface area contributed by atoms with Crippen LogP contribution in [0.4, 0.5) is 10.6 Å². The van der Waals surface area contributed by atoms with Gasteiger partial charge in [0.15, 0.2) is 17.7 Å². The predicted octanol–water partition coefficient (Wildman–Crippen LogP) is -1.79. The van der Waals surface area contributed by atoms with Crippen LogP contribution in [-0.4, -0.2) is 96.6 Å². The number of alkyl carbamates (subject to hydrolysis) is 1. The molecule has 0 unspecified atom stereocenters. The summed E-state index contributed by atoms with van der Waals surface area (Å²) in [5, 5.41) is 38.4. The summed E-state index contributed by atoms with van der Waals surface area (Å²) in [5.74, 6) is -0.403. The Kier molecular flexibility index (Phi) is 7.08. The van der Waals surface area contributed by atoms with E-state index in [1.807, 2.05) is 0 Å². The summed E-state index contributed by atoms with van der Waals surface area (Å²) in [6.07, 6.45) is -3.30. The molecule has 0 radical (unpaired) electrons. The lowest BCUT2D eigenvalue weighted by atomic mass is 9.95. The maximum atomic E-state index is 12.2. The maximum Gasteiger partial charge on any atom is 0.408 e. The average molecular weight is 453 g/mol. The van der Waals surface area contributed by atoms with Crippen molar-refractivity contribution in [2.45, 2.75) is 57.0 Å². The highest BCUT2D eigenvalue weighted by Crippen LogP contribution is 2.24. The molecule has 176 valence electrons. The number of ether oxygens (including phenoxy) is 2. The number of H-pyrrole nitrogens is 1. The van der Waals surface area contributed by atoms with Crippen molar-refractivity contribution in [3.05, 3.63) is 12.7 Å². The van der Waals surface area contributed by atoms with E-state index in [4.69, 9.17) is 9.47 Å². The number of imidazole rings is 1. The third-order valence-corrected chi connectivity index (χ3v) is 4.55. The number of rotatable bonds is 6. The summed E-state index contributed by atoms with van der Waals surface area (Å²) in [7, 11) is 0. The van der Waals surface area contributed by atoms with Gasteiger partial charge in [0.2, 0.25) is 5.91 Å². The molecule has 1 aliphatic rings. The van der Waals surface area contributed by atoms with Gasteiger partial charge in [-0.3, -0.25) is 4.79 Å². The average Bonchev–Trinajstić information content (AvgIpc) is 3.20. The van der Waals surface area contributed by atoms with Gasteiger partial charge < -0.3 is 45.7 Å². The highest BCUT2D eigenvalue weighted by atomic mass is 16.6. The van der Waals surface area contributed by atoms with Crippen LogP contribution < -0.4 is 16.0 Å². The van der Waals surface area contributed by atoms with Gasteiger partial charge in [0.05, 0.1) is 19.0 Å². The molecular formula is C18H27N7O7. The van der Waals surface area contributed by atoms with Crippen molar-refractivity contribution in [2.24, 2.45) is 0 Å². The SMILES string of the molecule is CC(C)(C)OC(=O)NCC(=O)N[C@@H]1[C@@H](O)[C@H](O)[C@H](Nc2ncnc3nc[nH]c23)O[C@H]1CO. The molecule has 0 spiro atoms. The normalized spacial score (nSPS) is 25.9. The number of aliphatic hydroxyl groups excluding tert-OH is 3. The van der Waals surface area contributed by atoms with E-state index in [1.54, 1.807) is 20.8 Å². The number of aromatic amines is 1. The largest absolute Gasteiger partial charge is 0.444 e. The molecule has 1 aliphatic heterocycles. The molecule has 14 heteroatoms. The summed E-state index contributed by atoms with van der Waals surface area (Å²) in [6, 6.07) is -1.14. The molecule has 2 amide bonds. The molecule has 5 atom stereocenters. The highest BCUT2D eigenvalue weighted by Gasteiger charge is 2.45.